The van der Waals surface area contributed by atoms with Crippen LogP contribution in [0.1, 0.15) is 11.1 Å². The number of nitrogens with one attached hydrogen (secondary N) is 1. The van der Waals surface area contributed by atoms with Gasteiger partial charge < -0.3 is 5.32 Å². The zero-order chi connectivity index (χ0) is 23.2. The summed E-state index contributed by atoms with van der Waals surface area (Å²) in [7, 11) is 0. The molecule has 0 spiro atoms. The normalized spacial score (nSPS) is 16.9. The van der Waals surface area contributed by atoms with Crippen LogP contribution in [0.2, 0.25) is 0 Å². The maximum atomic E-state index is 13.4. The molecule has 3 aromatic carbocycles. The monoisotopic (exact) mass is 517 g/mol. The summed E-state index contributed by atoms with van der Waals surface area (Å²) in [5.74, 6) is -0.649. The third kappa shape index (κ3) is 5.36. The van der Waals surface area contributed by atoms with E-state index in [9.17, 15) is 14.9 Å². The maximum absolute atomic E-state index is 13.4. The smallest absolute Gasteiger partial charge is 0.264 e. The topological polar surface area (TPSA) is 73.2 Å². The number of nitrogens with zero attached hydrogens (tertiary/aromatic N) is 2. The molecule has 1 saturated heterocycles. The van der Waals surface area contributed by atoms with E-state index in [-0.39, 0.29) is 11.5 Å². The summed E-state index contributed by atoms with van der Waals surface area (Å²) in [5.41, 5.74) is 2.50. The van der Waals surface area contributed by atoms with Crippen molar-refractivity contribution in [2.45, 2.75) is 18.2 Å². The van der Waals surface area contributed by atoms with Crippen LogP contribution in [-0.4, -0.2) is 17.1 Å². The fraction of sp³-hybridized carbons (Fsp3) is 0.115. The second-order valence-corrected chi connectivity index (χ2v) is 9.51. The number of carbonyl (C=O) groups excluding carboxylic acids is 2. The van der Waals surface area contributed by atoms with Gasteiger partial charge in [0.1, 0.15) is 16.7 Å². The van der Waals surface area contributed by atoms with Crippen LogP contribution in [0.15, 0.2) is 100 Å². The summed E-state index contributed by atoms with van der Waals surface area (Å²) in [4.78, 5) is 27.9. The van der Waals surface area contributed by atoms with E-state index in [1.807, 2.05) is 78.9 Å². The standard InChI is InChI=1S/C26H20BrN3O2S/c27-20-11-13-21(14-12-20)30-25(32)23(15-18-7-3-1-4-8-18)33-26(30)22(16-28)24(31)29-17-19-9-5-2-6-10-19/h1-14,23H,15,17H2,(H,29,31)/b26-22-/t23-/m0/s1. The van der Waals surface area contributed by atoms with Gasteiger partial charge in [-0.05, 0) is 41.8 Å². The first kappa shape index (κ1) is 22.8. The van der Waals surface area contributed by atoms with Crippen molar-refractivity contribution < 1.29 is 9.59 Å². The van der Waals surface area contributed by atoms with Crippen molar-refractivity contribution in [3.8, 4) is 6.07 Å². The van der Waals surface area contributed by atoms with Gasteiger partial charge >= 0.3 is 0 Å². The summed E-state index contributed by atoms with van der Waals surface area (Å²) in [6.45, 7) is 0.294. The maximum Gasteiger partial charge on any atom is 0.264 e. The minimum atomic E-state index is -0.501. The quantitative estimate of drug-likeness (QED) is 0.360. The lowest BCUT2D eigenvalue weighted by molar-refractivity contribution is -0.117. The highest BCUT2D eigenvalue weighted by atomic mass is 79.9. The highest BCUT2D eigenvalue weighted by Crippen LogP contribution is 2.42. The molecule has 1 atom stereocenters. The molecule has 2 amide bonds. The first-order valence-electron chi connectivity index (χ1n) is 10.3. The molecule has 1 aliphatic rings. The molecule has 0 aliphatic carbocycles. The Kier molecular flexibility index (Phi) is 7.28. The van der Waals surface area contributed by atoms with Crippen molar-refractivity contribution >= 4 is 45.2 Å². The Hall–Kier alpha value is -3.34. The van der Waals surface area contributed by atoms with Gasteiger partial charge in [0, 0.05) is 16.7 Å². The van der Waals surface area contributed by atoms with Gasteiger partial charge in [0.05, 0.1) is 5.25 Å². The second-order valence-electron chi connectivity index (χ2n) is 7.41. The van der Waals surface area contributed by atoms with E-state index in [1.165, 1.54) is 16.7 Å². The first-order valence-corrected chi connectivity index (χ1v) is 12.0. The number of hydrogen-bond acceptors (Lipinski definition) is 4. The molecular formula is C26H20BrN3O2S. The second kappa shape index (κ2) is 10.5. The number of anilines is 1. The minimum Gasteiger partial charge on any atom is -0.347 e. The molecule has 0 unspecified atom stereocenters. The van der Waals surface area contributed by atoms with Crippen molar-refractivity contribution in [1.82, 2.24) is 5.32 Å². The fourth-order valence-corrected chi connectivity index (χ4v) is 5.08. The lowest BCUT2D eigenvalue weighted by Crippen LogP contribution is -2.32. The average Bonchev–Trinajstić information content (AvgIpc) is 3.15. The zero-order valence-electron chi connectivity index (χ0n) is 17.6. The molecule has 5 nitrogen and oxygen atoms in total. The van der Waals surface area contributed by atoms with Gasteiger partial charge in [-0.3, -0.25) is 14.5 Å². The minimum absolute atomic E-state index is 0.0669. The molecule has 1 N–H and O–H groups in total. The van der Waals surface area contributed by atoms with Crippen LogP contribution >= 0.6 is 27.7 Å². The van der Waals surface area contributed by atoms with Gasteiger partial charge in [-0.25, -0.2) is 0 Å². The van der Waals surface area contributed by atoms with E-state index < -0.39 is 11.2 Å². The van der Waals surface area contributed by atoms with Crippen molar-refractivity contribution in [2.24, 2.45) is 0 Å². The summed E-state index contributed by atoms with van der Waals surface area (Å²) >= 11 is 4.68. The average molecular weight is 518 g/mol. The summed E-state index contributed by atoms with van der Waals surface area (Å²) in [5, 5.41) is 12.6. The van der Waals surface area contributed by atoms with E-state index in [0.717, 1.165) is 15.6 Å². The molecule has 0 saturated carbocycles. The Bertz CT molecular complexity index is 1220. The number of hydrogen-bond donors (Lipinski definition) is 1. The number of benzene rings is 3. The molecule has 1 aliphatic heterocycles. The Balaban J connectivity index is 1.67. The fourth-order valence-electron chi connectivity index (χ4n) is 3.51. The third-order valence-corrected chi connectivity index (χ3v) is 6.94. The Morgan fingerprint density at radius 1 is 0.970 bits per heavy atom. The zero-order valence-corrected chi connectivity index (χ0v) is 20.0. The predicted octanol–water partition coefficient (Wildman–Crippen LogP) is 5.19. The van der Waals surface area contributed by atoms with E-state index in [0.29, 0.717) is 23.7 Å². The van der Waals surface area contributed by atoms with Crippen molar-refractivity contribution in [3.05, 3.63) is 111 Å². The number of halogens is 1. The SMILES string of the molecule is N#C/C(C(=O)NCc1ccccc1)=C1/S[C@@H](Cc2ccccc2)C(=O)N1c1ccc(Br)cc1. The van der Waals surface area contributed by atoms with Crippen LogP contribution in [0.25, 0.3) is 0 Å². The van der Waals surface area contributed by atoms with E-state index in [1.54, 1.807) is 12.1 Å². The number of carbonyl (C=O) groups is 2. The first-order chi connectivity index (χ1) is 16.1. The molecule has 33 heavy (non-hydrogen) atoms. The van der Waals surface area contributed by atoms with Crippen molar-refractivity contribution in [2.75, 3.05) is 4.90 Å². The third-order valence-electron chi connectivity index (χ3n) is 5.15. The van der Waals surface area contributed by atoms with Gasteiger partial charge in [-0.15, -0.1) is 0 Å². The highest BCUT2D eigenvalue weighted by Gasteiger charge is 2.40. The number of amides is 2. The molecule has 3 aromatic rings. The molecule has 1 fully saturated rings. The van der Waals surface area contributed by atoms with Crippen LogP contribution in [0.5, 0.6) is 0 Å². The Morgan fingerprint density at radius 2 is 1.58 bits per heavy atom. The van der Waals surface area contributed by atoms with E-state index in [2.05, 4.69) is 21.2 Å². The molecule has 7 heteroatoms. The number of nitriles is 1. The summed E-state index contributed by atoms with van der Waals surface area (Å²) in [6.07, 6.45) is 0.505. The van der Waals surface area contributed by atoms with Gasteiger partial charge in [-0.2, -0.15) is 5.26 Å². The lowest BCUT2D eigenvalue weighted by atomic mass is 10.1. The molecular weight excluding hydrogens is 498 g/mol. The summed E-state index contributed by atoms with van der Waals surface area (Å²) in [6, 6.07) is 28.5. The number of thioether (sulfide) groups is 1. The van der Waals surface area contributed by atoms with Gasteiger partial charge in [-0.1, -0.05) is 88.4 Å². The molecule has 1 heterocycles. The van der Waals surface area contributed by atoms with Gasteiger partial charge in [0.15, 0.2) is 0 Å². The molecule has 0 radical (unpaired) electrons. The van der Waals surface area contributed by atoms with Crippen LogP contribution < -0.4 is 10.2 Å². The molecule has 0 aromatic heterocycles. The largest absolute Gasteiger partial charge is 0.347 e. The highest BCUT2D eigenvalue weighted by molar-refractivity contribution is 9.10. The van der Waals surface area contributed by atoms with Crippen LogP contribution in [0.3, 0.4) is 0 Å². The van der Waals surface area contributed by atoms with Crippen molar-refractivity contribution in [3.63, 3.8) is 0 Å². The van der Waals surface area contributed by atoms with Crippen LogP contribution in [-0.2, 0) is 22.6 Å². The molecule has 4 rings (SSSR count). The Morgan fingerprint density at radius 3 is 2.18 bits per heavy atom. The van der Waals surface area contributed by atoms with Crippen LogP contribution in [0.4, 0.5) is 5.69 Å². The Labute approximate surface area is 205 Å². The molecule has 164 valence electrons. The van der Waals surface area contributed by atoms with Crippen LogP contribution in [0, 0.1) is 11.3 Å². The predicted molar refractivity (Wildman–Crippen MR) is 134 cm³/mol. The van der Waals surface area contributed by atoms with Crippen molar-refractivity contribution in [1.29, 1.82) is 5.26 Å². The summed E-state index contributed by atoms with van der Waals surface area (Å²) < 4.78 is 0.873. The van der Waals surface area contributed by atoms with Gasteiger partial charge in [0.25, 0.3) is 5.91 Å². The van der Waals surface area contributed by atoms with E-state index in [4.69, 9.17) is 0 Å². The number of rotatable bonds is 6. The lowest BCUT2D eigenvalue weighted by Gasteiger charge is -2.19. The van der Waals surface area contributed by atoms with Gasteiger partial charge in [0.2, 0.25) is 5.91 Å². The van der Waals surface area contributed by atoms with E-state index >= 15 is 0 Å². The molecule has 0 bridgehead atoms.